The first-order valence-corrected chi connectivity index (χ1v) is 10.3. The number of ether oxygens (including phenoxy) is 1. The highest BCUT2D eigenvalue weighted by molar-refractivity contribution is 7.91. The fourth-order valence-corrected chi connectivity index (χ4v) is 4.87. The second kappa shape index (κ2) is 7.97. The van der Waals surface area contributed by atoms with Crippen molar-refractivity contribution in [3.63, 3.8) is 0 Å². The second-order valence-corrected chi connectivity index (χ2v) is 8.65. The van der Waals surface area contributed by atoms with Crippen molar-refractivity contribution in [3.8, 4) is 0 Å². The summed E-state index contributed by atoms with van der Waals surface area (Å²) in [4.78, 5) is 19.1. The van der Waals surface area contributed by atoms with Gasteiger partial charge in [-0.2, -0.15) is 0 Å². The van der Waals surface area contributed by atoms with Gasteiger partial charge >= 0.3 is 0 Å². The molecule has 0 bridgehead atoms. The minimum Gasteiger partial charge on any atom is -0.378 e. The van der Waals surface area contributed by atoms with E-state index in [9.17, 15) is 13.2 Å². The van der Waals surface area contributed by atoms with Crippen molar-refractivity contribution in [2.45, 2.75) is 25.6 Å². The number of carbonyl (C=O) groups excluding carboxylic acids is 1. The number of methoxy groups -OCH3 is 1. The minimum absolute atomic E-state index is 0.00331. The van der Waals surface area contributed by atoms with Crippen molar-refractivity contribution >= 4 is 15.7 Å². The fourth-order valence-electron chi connectivity index (χ4n) is 3.14. The Morgan fingerprint density at radius 3 is 2.62 bits per heavy atom. The SMILES string of the molecule is COCc1cccc(C(=O)N(Cc2ccccc2)[C@@H]2CCS(=O)(=O)C2)n1. The van der Waals surface area contributed by atoms with Crippen molar-refractivity contribution in [3.05, 3.63) is 65.5 Å². The van der Waals surface area contributed by atoms with Crippen LogP contribution < -0.4 is 0 Å². The lowest BCUT2D eigenvalue weighted by atomic mass is 10.1. The molecule has 26 heavy (non-hydrogen) atoms. The smallest absolute Gasteiger partial charge is 0.273 e. The number of pyridine rings is 1. The molecule has 6 nitrogen and oxygen atoms in total. The molecule has 1 aromatic carbocycles. The van der Waals surface area contributed by atoms with E-state index in [4.69, 9.17) is 4.74 Å². The summed E-state index contributed by atoms with van der Waals surface area (Å²) in [5, 5.41) is 0. The lowest BCUT2D eigenvalue weighted by Crippen LogP contribution is -2.41. The molecule has 0 aliphatic carbocycles. The molecule has 138 valence electrons. The van der Waals surface area contributed by atoms with E-state index < -0.39 is 9.84 Å². The van der Waals surface area contributed by atoms with Crippen LogP contribution in [0.2, 0.25) is 0 Å². The quantitative estimate of drug-likeness (QED) is 0.773. The summed E-state index contributed by atoms with van der Waals surface area (Å²) in [7, 11) is -1.53. The largest absolute Gasteiger partial charge is 0.378 e. The van der Waals surface area contributed by atoms with Crippen LogP contribution in [0, 0.1) is 0 Å². The maximum absolute atomic E-state index is 13.1. The Bertz CT molecular complexity index is 868. The fraction of sp³-hybridized carbons (Fsp3) is 0.368. The van der Waals surface area contributed by atoms with Gasteiger partial charge in [0.1, 0.15) is 5.69 Å². The van der Waals surface area contributed by atoms with Crippen LogP contribution in [-0.4, -0.2) is 48.9 Å². The van der Waals surface area contributed by atoms with Gasteiger partial charge in [0.2, 0.25) is 0 Å². The van der Waals surface area contributed by atoms with Gasteiger partial charge < -0.3 is 9.64 Å². The first kappa shape index (κ1) is 18.5. The predicted octanol–water partition coefficient (Wildman–Crippen LogP) is 2.06. The zero-order valence-electron chi connectivity index (χ0n) is 14.7. The molecule has 0 saturated carbocycles. The third-order valence-corrected chi connectivity index (χ3v) is 6.17. The average Bonchev–Trinajstić information content (AvgIpc) is 3.00. The molecular weight excluding hydrogens is 352 g/mol. The Morgan fingerprint density at radius 1 is 1.19 bits per heavy atom. The molecule has 0 N–H and O–H groups in total. The second-order valence-electron chi connectivity index (χ2n) is 6.42. The molecule has 1 amide bonds. The highest BCUT2D eigenvalue weighted by atomic mass is 32.2. The van der Waals surface area contributed by atoms with Crippen molar-refractivity contribution < 1.29 is 17.9 Å². The summed E-state index contributed by atoms with van der Waals surface area (Å²) < 4.78 is 28.9. The van der Waals surface area contributed by atoms with Crippen LogP contribution in [0.1, 0.15) is 28.2 Å². The summed E-state index contributed by atoms with van der Waals surface area (Å²) in [6.45, 7) is 0.674. The number of nitrogens with zero attached hydrogens (tertiary/aromatic N) is 2. The van der Waals surface area contributed by atoms with Gasteiger partial charge in [-0.3, -0.25) is 4.79 Å². The highest BCUT2D eigenvalue weighted by Gasteiger charge is 2.35. The summed E-state index contributed by atoms with van der Waals surface area (Å²) in [5.74, 6) is -0.134. The number of hydrogen-bond donors (Lipinski definition) is 0. The van der Waals surface area contributed by atoms with Gasteiger partial charge in [0, 0.05) is 19.7 Å². The highest BCUT2D eigenvalue weighted by Crippen LogP contribution is 2.22. The van der Waals surface area contributed by atoms with Crippen molar-refractivity contribution in [2.24, 2.45) is 0 Å². The number of amides is 1. The third kappa shape index (κ3) is 4.47. The minimum atomic E-state index is -3.10. The maximum Gasteiger partial charge on any atom is 0.273 e. The monoisotopic (exact) mass is 374 g/mol. The molecule has 0 radical (unpaired) electrons. The zero-order chi connectivity index (χ0) is 18.6. The summed E-state index contributed by atoms with van der Waals surface area (Å²) in [6.07, 6.45) is 0.457. The van der Waals surface area contributed by atoms with Crippen LogP contribution >= 0.6 is 0 Å². The molecule has 1 aromatic heterocycles. The van der Waals surface area contributed by atoms with E-state index >= 15 is 0 Å². The normalized spacial score (nSPS) is 18.6. The van der Waals surface area contributed by atoms with E-state index in [0.717, 1.165) is 5.56 Å². The lowest BCUT2D eigenvalue weighted by molar-refractivity contribution is 0.0674. The lowest BCUT2D eigenvalue weighted by Gasteiger charge is -2.28. The van der Waals surface area contributed by atoms with Crippen LogP contribution in [-0.2, 0) is 27.7 Å². The van der Waals surface area contributed by atoms with Crippen LogP contribution in [0.4, 0.5) is 0 Å². The van der Waals surface area contributed by atoms with Crippen LogP contribution in [0.25, 0.3) is 0 Å². The standard InChI is InChI=1S/C19H22N2O4S/c1-25-13-16-8-5-9-18(20-16)19(22)21(12-15-6-3-2-4-7-15)17-10-11-26(23,24)14-17/h2-9,17H,10-14H2,1H3/t17-/m1/s1. The number of sulfone groups is 1. The molecule has 1 fully saturated rings. The number of rotatable bonds is 6. The van der Waals surface area contributed by atoms with E-state index in [2.05, 4.69) is 4.98 Å². The van der Waals surface area contributed by atoms with Gasteiger partial charge in [-0.1, -0.05) is 36.4 Å². The van der Waals surface area contributed by atoms with E-state index in [1.54, 1.807) is 30.2 Å². The first-order valence-electron chi connectivity index (χ1n) is 8.49. The summed E-state index contributed by atoms with van der Waals surface area (Å²) in [5.41, 5.74) is 1.93. The summed E-state index contributed by atoms with van der Waals surface area (Å²) in [6, 6.07) is 14.5. The van der Waals surface area contributed by atoms with E-state index in [1.807, 2.05) is 30.3 Å². The average molecular weight is 374 g/mol. The molecule has 3 rings (SSSR count). The Kier molecular flexibility index (Phi) is 5.68. The first-order chi connectivity index (χ1) is 12.5. The molecule has 1 aliphatic heterocycles. The van der Waals surface area contributed by atoms with Gasteiger partial charge in [0.15, 0.2) is 9.84 Å². The van der Waals surface area contributed by atoms with Gasteiger partial charge in [-0.15, -0.1) is 0 Å². The molecule has 7 heteroatoms. The van der Waals surface area contributed by atoms with E-state index in [-0.39, 0.29) is 23.5 Å². The Balaban J connectivity index is 1.89. The van der Waals surface area contributed by atoms with Gasteiger partial charge in [0.05, 0.1) is 23.8 Å². The topological polar surface area (TPSA) is 76.6 Å². The molecule has 1 aliphatic rings. The molecular formula is C19H22N2O4S. The molecule has 1 saturated heterocycles. The third-order valence-electron chi connectivity index (χ3n) is 4.42. The van der Waals surface area contributed by atoms with Gasteiger partial charge in [-0.05, 0) is 24.1 Å². The number of carbonyl (C=O) groups is 1. The summed E-state index contributed by atoms with van der Waals surface area (Å²) >= 11 is 0. The molecule has 2 aromatic rings. The number of hydrogen-bond acceptors (Lipinski definition) is 5. The van der Waals surface area contributed by atoms with Crippen molar-refractivity contribution in [1.82, 2.24) is 9.88 Å². The zero-order valence-corrected chi connectivity index (χ0v) is 15.5. The Morgan fingerprint density at radius 2 is 1.96 bits per heavy atom. The number of benzene rings is 1. The Hall–Kier alpha value is -2.25. The van der Waals surface area contributed by atoms with E-state index in [1.165, 1.54) is 0 Å². The maximum atomic E-state index is 13.1. The molecule has 2 heterocycles. The Labute approximate surface area is 153 Å². The van der Waals surface area contributed by atoms with Crippen LogP contribution in [0.5, 0.6) is 0 Å². The molecule has 0 unspecified atom stereocenters. The molecule has 1 atom stereocenters. The van der Waals surface area contributed by atoms with Crippen molar-refractivity contribution in [1.29, 1.82) is 0 Å². The molecule has 0 spiro atoms. The van der Waals surface area contributed by atoms with Crippen LogP contribution in [0.3, 0.4) is 0 Å². The van der Waals surface area contributed by atoms with Gasteiger partial charge in [-0.25, -0.2) is 13.4 Å². The predicted molar refractivity (Wildman–Crippen MR) is 98.3 cm³/mol. The van der Waals surface area contributed by atoms with Crippen LogP contribution in [0.15, 0.2) is 48.5 Å². The van der Waals surface area contributed by atoms with E-state index in [0.29, 0.717) is 31.0 Å². The van der Waals surface area contributed by atoms with Crippen molar-refractivity contribution in [2.75, 3.05) is 18.6 Å². The van der Waals surface area contributed by atoms with Gasteiger partial charge in [0.25, 0.3) is 5.91 Å². The number of aromatic nitrogens is 1.